The van der Waals surface area contributed by atoms with Gasteiger partial charge in [0, 0.05) is 31.6 Å². The average molecular weight is 340 g/mol. The van der Waals surface area contributed by atoms with Gasteiger partial charge < -0.3 is 9.42 Å². The third-order valence-electron chi connectivity index (χ3n) is 4.94. The predicted molar refractivity (Wildman–Crippen MR) is 89.1 cm³/mol. The van der Waals surface area contributed by atoms with Crippen molar-refractivity contribution < 1.29 is 4.52 Å². The first-order valence-corrected chi connectivity index (χ1v) is 8.75. The number of rotatable bonds is 4. The molecule has 4 heterocycles. The largest absolute Gasteiger partial charge is 0.350 e. The van der Waals surface area contributed by atoms with Gasteiger partial charge in [0.1, 0.15) is 12.1 Å². The smallest absolute Gasteiger partial charge is 0.240 e. The topological polar surface area (TPSA) is 88.5 Å². The van der Waals surface area contributed by atoms with Crippen LogP contribution >= 0.6 is 0 Å². The van der Waals surface area contributed by atoms with E-state index in [-0.39, 0.29) is 0 Å². The third kappa shape index (κ3) is 2.84. The molecule has 0 aromatic carbocycles. The Labute approximate surface area is 144 Å². The van der Waals surface area contributed by atoms with E-state index < -0.39 is 0 Å². The van der Waals surface area contributed by atoms with Crippen molar-refractivity contribution in [2.75, 3.05) is 24.5 Å². The Hall–Kier alpha value is -2.55. The molecule has 0 bridgehead atoms. The fraction of sp³-hybridized carbons (Fsp3) is 0.562. The van der Waals surface area contributed by atoms with Gasteiger partial charge in [-0.2, -0.15) is 9.50 Å². The van der Waals surface area contributed by atoms with E-state index in [9.17, 15) is 0 Å². The predicted octanol–water partition coefficient (Wildman–Crippen LogP) is 1.10. The molecule has 0 unspecified atom stereocenters. The highest BCUT2D eigenvalue weighted by atomic mass is 16.5. The zero-order valence-corrected chi connectivity index (χ0v) is 14.1. The minimum atomic E-state index is 0.348. The number of hydrogen-bond acceptors (Lipinski definition) is 8. The highest BCUT2D eigenvalue weighted by Crippen LogP contribution is 2.38. The van der Waals surface area contributed by atoms with E-state index in [1.807, 2.05) is 12.1 Å². The fourth-order valence-electron chi connectivity index (χ4n) is 3.42. The molecule has 0 spiro atoms. The van der Waals surface area contributed by atoms with Gasteiger partial charge in [-0.1, -0.05) is 5.16 Å². The van der Waals surface area contributed by atoms with Crippen LogP contribution in [-0.2, 0) is 6.54 Å². The standard InChI is InChI=1S/C16H20N8O/c1-11-8-22(9-15-18-16(21-25-15)12-2-3-12)6-7-23(11)14-5-4-13-19-17-10-24(13)20-14/h4-5,10-12H,2-3,6-9H2,1H3/t11-/m1/s1. The summed E-state index contributed by atoms with van der Waals surface area (Å²) in [6.07, 6.45) is 4.02. The summed E-state index contributed by atoms with van der Waals surface area (Å²) in [6, 6.07) is 4.31. The minimum absolute atomic E-state index is 0.348. The van der Waals surface area contributed by atoms with Crippen molar-refractivity contribution in [3.05, 3.63) is 30.2 Å². The summed E-state index contributed by atoms with van der Waals surface area (Å²) in [5, 5.41) is 16.6. The maximum atomic E-state index is 5.41. The van der Waals surface area contributed by atoms with Crippen LogP contribution in [0.3, 0.4) is 0 Å². The zero-order chi connectivity index (χ0) is 16.8. The minimum Gasteiger partial charge on any atom is -0.350 e. The first-order chi connectivity index (χ1) is 12.3. The van der Waals surface area contributed by atoms with Gasteiger partial charge in [-0.05, 0) is 31.9 Å². The molecule has 1 saturated carbocycles. The van der Waals surface area contributed by atoms with Gasteiger partial charge in [-0.25, -0.2) is 0 Å². The molecule has 2 aliphatic rings. The second-order valence-electron chi connectivity index (χ2n) is 6.92. The monoisotopic (exact) mass is 340 g/mol. The lowest BCUT2D eigenvalue weighted by atomic mass is 10.2. The van der Waals surface area contributed by atoms with Gasteiger partial charge in [-0.15, -0.1) is 15.3 Å². The summed E-state index contributed by atoms with van der Waals surface area (Å²) in [7, 11) is 0. The van der Waals surface area contributed by atoms with Gasteiger partial charge in [0.05, 0.1) is 6.54 Å². The van der Waals surface area contributed by atoms with Gasteiger partial charge in [-0.3, -0.25) is 4.90 Å². The van der Waals surface area contributed by atoms with Crippen LogP contribution in [0.4, 0.5) is 5.82 Å². The molecule has 5 rings (SSSR count). The van der Waals surface area contributed by atoms with E-state index in [2.05, 4.69) is 42.2 Å². The van der Waals surface area contributed by atoms with Crippen LogP contribution in [-0.4, -0.2) is 60.5 Å². The molecule has 9 nitrogen and oxygen atoms in total. The highest BCUT2D eigenvalue weighted by Gasteiger charge is 2.30. The van der Waals surface area contributed by atoms with Crippen molar-refractivity contribution >= 4 is 11.5 Å². The first-order valence-electron chi connectivity index (χ1n) is 8.75. The number of fused-ring (bicyclic) bond motifs is 1. The maximum Gasteiger partial charge on any atom is 0.240 e. The Bertz CT molecular complexity index is 885. The fourth-order valence-corrected chi connectivity index (χ4v) is 3.42. The van der Waals surface area contributed by atoms with E-state index in [0.717, 1.165) is 49.4 Å². The number of piperazine rings is 1. The lowest BCUT2D eigenvalue weighted by Crippen LogP contribution is -2.52. The zero-order valence-electron chi connectivity index (χ0n) is 14.1. The molecule has 1 aliphatic carbocycles. The van der Waals surface area contributed by atoms with Crippen LogP contribution in [0.2, 0.25) is 0 Å². The summed E-state index contributed by atoms with van der Waals surface area (Å²) in [6.45, 7) is 5.71. The first kappa shape index (κ1) is 14.8. The summed E-state index contributed by atoms with van der Waals surface area (Å²) < 4.78 is 7.12. The lowest BCUT2D eigenvalue weighted by Gasteiger charge is -2.39. The maximum absolute atomic E-state index is 5.41. The van der Waals surface area contributed by atoms with Crippen molar-refractivity contribution in [3.8, 4) is 0 Å². The van der Waals surface area contributed by atoms with Crippen LogP contribution in [0.25, 0.3) is 5.65 Å². The summed E-state index contributed by atoms with van der Waals surface area (Å²) in [5.74, 6) is 3.10. The van der Waals surface area contributed by atoms with Gasteiger partial charge >= 0.3 is 0 Å². The molecule has 2 fully saturated rings. The molecule has 0 N–H and O–H groups in total. The molecule has 1 saturated heterocycles. The molecule has 3 aromatic heterocycles. The lowest BCUT2D eigenvalue weighted by molar-refractivity contribution is 0.193. The van der Waals surface area contributed by atoms with Crippen molar-refractivity contribution in [1.29, 1.82) is 0 Å². The Morgan fingerprint density at radius 2 is 2.16 bits per heavy atom. The van der Waals surface area contributed by atoms with E-state index in [1.54, 1.807) is 10.8 Å². The molecule has 3 aromatic rings. The van der Waals surface area contributed by atoms with Gasteiger partial charge in [0.2, 0.25) is 5.89 Å². The molecule has 0 amide bonds. The van der Waals surface area contributed by atoms with Gasteiger partial charge in [0.15, 0.2) is 11.5 Å². The SMILES string of the molecule is C[C@@H]1CN(Cc2nc(C3CC3)no2)CCN1c1ccc2nncn2n1. The molecule has 130 valence electrons. The molecule has 0 radical (unpaired) electrons. The van der Waals surface area contributed by atoms with E-state index in [0.29, 0.717) is 12.0 Å². The van der Waals surface area contributed by atoms with Crippen molar-refractivity contribution in [2.45, 2.75) is 38.3 Å². The second-order valence-corrected chi connectivity index (χ2v) is 6.92. The van der Waals surface area contributed by atoms with Crippen LogP contribution < -0.4 is 4.90 Å². The van der Waals surface area contributed by atoms with E-state index >= 15 is 0 Å². The Balaban J connectivity index is 1.26. The van der Waals surface area contributed by atoms with Crippen molar-refractivity contribution in [3.63, 3.8) is 0 Å². The Morgan fingerprint density at radius 3 is 3.00 bits per heavy atom. The van der Waals surface area contributed by atoms with Crippen LogP contribution in [0.15, 0.2) is 23.0 Å². The Kier molecular flexibility index (Phi) is 3.40. The number of aromatic nitrogens is 6. The van der Waals surface area contributed by atoms with Gasteiger partial charge in [0.25, 0.3) is 0 Å². The van der Waals surface area contributed by atoms with Crippen molar-refractivity contribution in [1.82, 2.24) is 34.9 Å². The highest BCUT2D eigenvalue weighted by molar-refractivity contribution is 5.46. The molecule has 25 heavy (non-hydrogen) atoms. The summed E-state index contributed by atoms with van der Waals surface area (Å²) >= 11 is 0. The van der Waals surface area contributed by atoms with E-state index in [4.69, 9.17) is 4.52 Å². The molecular weight excluding hydrogens is 320 g/mol. The normalized spacial score (nSPS) is 22.0. The van der Waals surface area contributed by atoms with Crippen LogP contribution in [0.1, 0.15) is 37.4 Å². The molecule has 9 heteroatoms. The van der Waals surface area contributed by atoms with Crippen molar-refractivity contribution in [2.24, 2.45) is 0 Å². The molecule has 1 aliphatic heterocycles. The number of hydrogen-bond donors (Lipinski definition) is 0. The van der Waals surface area contributed by atoms with E-state index in [1.165, 1.54) is 12.8 Å². The summed E-state index contributed by atoms with van der Waals surface area (Å²) in [5.41, 5.74) is 0.762. The average Bonchev–Trinajstić information content (AvgIpc) is 3.17. The second kappa shape index (κ2) is 5.76. The Morgan fingerprint density at radius 1 is 1.24 bits per heavy atom. The van der Waals surface area contributed by atoms with Crippen LogP contribution in [0, 0.1) is 0 Å². The molecule has 1 atom stereocenters. The molecular formula is C16H20N8O. The summed E-state index contributed by atoms with van der Waals surface area (Å²) in [4.78, 5) is 9.22. The quantitative estimate of drug-likeness (QED) is 0.697. The van der Waals surface area contributed by atoms with Crippen LogP contribution in [0.5, 0.6) is 0 Å². The number of anilines is 1. The number of nitrogens with zero attached hydrogens (tertiary/aromatic N) is 8. The third-order valence-corrected chi connectivity index (χ3v) is 4.94.